The van der Waals surface area contributed by atoms with E-state index in [4.69, 9.17) is 5.73 Å². The van der Waals surface area contributed by atoms with E-state index in [1.807, 2.05) is 35.0 Å². The van der Waals surface area contributed by atoms with Crippen molar-refractivity contribution in [3.63, 3.8) is 0 Å². The van der Waals surface area contributed by atoms with Crippen molar-refractivity contribution in [2.75, 3.05) is 12.0 Å². The van der Waals surface area contributed by atoms with E-state index in [0.717, 1.165) is 9.75 Å². The molecule has 1 aliphatic heterocycles. The van der Waals surface area contributed by atoms with E-state index >= 15 is 0 Å². The van der Waals surface area contributed by atoms with Gasteiger partial charge in [0.05, 0.1) is 19.5 Å². The van der Waals surface area contributed by atoms with Crippen molar-refractivity contribution in [3.8, 4) is 10.7 Å². The van der Waals surface area contributed by atoms with Crippen LogP contribution >= 0.6 is 22.7 Å². The Labute approximate surface area is 141 Å². The molecule has 0 saturated carbocycles. The van der Waals surface area contributed by atoms with Crippen molar-refractivity contribution >= 4 is 49.9 Å². The van der Waals surface area contributed by atoms with Crippen LogP contribution in [0.3, 0.4) is 0 Å². The highest BCUT2D eigenvalue weighted by Gasteiger charge is 2.26. The van der Waals surface area contributed by atoms with Crippen LogP contribution in [0.4, 0.5) is 11.6 Å². The minimum atomic E-state index is -2.73. The summed E-state index contributed by atoms with van der Waals surface area (Å²) in [4.78, 5) is 15.3. The first kappa shape index (κ1) is 14.5. The molecule has 116 valence electrons. The van der Waals surface area contributed by atoms with Crippen LogP contribution in [0.25, 0.3) is 10.7 Å². The van der Waals surface area contributed by atoms with Crippen molar-refractivity contribution < 1.29 is 4.21 Å². The predicted molar refractivity (Wildman–Crippen MR) is 95.0 cm³/mol. The molecule has 6 nitrogen and oxygen atoms in total. The number of thiophene rings is 2. The molecule has 4 heterocycles. The Morgan fingerprint density at radius 2 is 1.78 bits per heavy atom. The van der Waals surface area contributed by atoms with Gasteiger partial charge in [-0.3, -0.25) is 0 Å². The Balaban J connectivity index is 1.98. The molecular formula is C14H11N5OS3. The molecule has 2 N–H and O–H groups in total. The van der Waals surface area contributed by atoms with Crippen LogP contribution in [-0.2, 0) is 9.73 Å². The number of rotatable bonds is 2. The minimum absolute atomic E-state index is 0.170. The monoisotopic (exact) mass is 361 g/mol. The van der Waals surface area contributed by atoms with Crippen molar-refractivity contribution in [2.45, 2.75) is 4.90 Å². The number of nitrogens with zero attached hydrogens (tertiary/aromatic N) is 4. The quantitative estimate of drug-likeness (QED) is 0.757. The van der Waals surface area contributed by atoms with E-state index in [9.17, 15) is 4.21 Å². The Hall–Kier alpha value is -2.10. The Morgan fingerprint density at radius 1 is 1.09 bits per heavy atom. The summed E-state index contributed by atoms with van der Waals surface area (Å²) in [7, 11) is -2.73. The summed E-state index contributed by atoms with van der Waals surface area (Å²) in [6, 6.07) is 7.61. The average Bonchev–Trinajstić information content (AvgIpc) is 3.19. The third kappa shape index (κ3) is 2.46. The van der Waals surface area contributed by atoms with Crippen molar-refractivity contribution in [1.82, 2.24) is 9.97 Å². The third-order valence-electron chi connectivity index (χ3n) is 3.21. The van der Waals surface area contributed by atoms with Crippen molar-refractivity contribution in [3.05, 3.63) is 39.9 Å². The van der Waals surface area contributed by atoms with Crippen LogP contribution in [0, 0.1) is 0 Å². The molecule has 0 spiro atoms. The van der Waals surface area contributed by atoms with Gasteiger partial charge in [-0.15, -0.1) is 22.7 Å². The maximum atomic E-state index is 13.0. The average molecular weight is 361 g/mol. The molecule has 0 radical (unpaired) electrons. The van der Waals surface area contributed by atoms with E-state index in [1.165, 1.54) is 22.7 Å². The maximum absolute atomic E-state index is 13.0. The first-order valence-electron chi connectivity index (χ1n) is 6.61. The molecular weight excluding hydrogens is 350 g/mol. The number of aliphatic imine (C=N–C) groups is 1. The lowest BCUT2D eigenvalue weighted by molar-refractivity contribution is 0.680. The number of fused-ring (bicyclic) bond motifs is 1. The molecule has 1 aliphatic rings. The first-order chi connectivity index (χ1) is 11.0. The van der Waals surface area contributed by atoms with Crippen molar-refractivity contribution in [1.29, 1.82) is 0 Å². The maximum Gasteiger partial charge on any atom is 0.181 e. The van der Waals surface area contributed by atoms with Crippen LogP contribution in [0.2, 0.25) is 0 Å². The Morgan fingerprint density at radius 3 is 2.43 bits per heavy atom. The summed E-state index contributed by atoms with van der Waals surface area (Å²) in [5, 5.41) is 3.86. The van der Waals surface area contributed by atoms with Gasteiger partial charge in [0.25, 0.3) is 0 Å². The first-order valence-corrected chi connectivity index (χ1v) is 10.3. The molecule has 0 bridgehead atoms. The third-order valence-corrected chi connectivity index (χ3v) is 6.61. The van der Waals surface area contributed by atoms with Gasteiger partial charge in [-0.25, -0.2) is 19.2 Å². The second-order valence-electron chi connectivity index (χ2n) is 4.87. The molecule has 0 aromatic carbocycles. The molecule has 0 amide bonds. The van der Waals surface area contributed by atoms with Gasteiger partial charge in [0.15, 0.2) is 17.5 Å². The fourth-order valence-electron chi connectivity index (χ4n) is 2.25. The summed E-state index contributed by atoms with van der Waals surface area (Å²) >= 11 is 3.00. The smallest absolute Gasteiger partial charge is 0.181 e. The van der Waals surface area contributed by atoms with E-state index in [-0.39, 0.29) is 5.82 Å². The fourth-order valence-corrected chi connectivity index (χ4v) is 5.05. The van der Waals surface area contributed by atoms with Gasteiger partial charge >= 0.3 is 0 Å². The van der Waals surface area contributed by atoms with Gasteiger partial charge in [0, 0.05) is 6.26 Å². The topological polar surface area (TPSA) is 93.6 Å². The number of amidine groups is 1. The number of nitrogens with two attached hydrogens (primary N) is 1. The summed E-state index contributed by atoms with van der Waals surface area (Å²) in [6.45, 7) is 0. The summed E-state index contributed by atoms with van der Waals surface area (Å²) in [5.41, 5.74) is 6.04. The van der Waals surface area contributed by atoms with Crippen LogP contribution < -0.4 is 5.73 Å². The van der Waals surface area contributed by atoms with Crippen LogP contribution in [0.5, 0.6) is 0 Å². The molecule has 3 aromatic heterocycles. The van der Waals surface area contributed by atoms with Crippen molar-refractivity contribution in [2.24, 2.45) is 9.36 Å². The zero-order chi connectivity index (χ0) is 16.0. The minimum Gasteiger partial charge on any atom is -0.382 e. The molecule has 1 unspecified atom stereocenters. The van der Waals surface area contributed by atoms with Crippen LogP contribution in [0.1, 0.15) is 4.88 Å². The highest BCUT2D eigenvalue weighted by atomic mass is 32.2. The van der Waals surface area contributed by atoms with E-state index < -0.39 is 9.73 Å². The molecule has 23 heavy (non-hydrogen) atoms. The molecule has 4 rings (SSSR count). The lowest BCUT2D eigenvalue weighted by atomic mass is 10.4. The second-order valence-corrected chi connectivity index (χ2v) is 8.96. The molecule has 9 heteroatoms. The summed E-state index contributed by atoms with van der Waals surface area (Å²) < 4.78 is 17.2. The van der Waals surface area contributed by atoms with Crippen LogP contribution in [-0.4, -0.2) is 26.3 Å². The number of nitrogen functional groups attached to an aromatic ring is 1. The van der Waals surface area contributed by atoms with Gasteiger partial charge in [0.2, 0.25) is 0 Å². The predicted octanol–water partition coefficient (Wildman–Crippen LogP) is 3.40. The van der Waals surface area contributed by atoms with E-state index in [1.54, 1.807) is 6.26 Å². The van der Waals surface area contributed by atoms with E-state index in [2.05, 4.69) is 19.3 Å². The molecule has 0 aliphatic carbocycles. The largest absolute Gasteiger partial charge is 0.382 e. The number of aromatic nitrogens is 2. The van der Waals surface area contributed by atoms with Gasteiger partial charge in [-0.1, -0.05) is 12.1 Å². The molecule has 3 aromatic rings. The lowest BCUT2D eigenvalue weighted by Crippen LogP contribution is -2.13. The Kier molecular flexibility index (Phi) is 3.29. The van der Waals surface area contributed by atoms with Gasteiger partial charge < -0.3 is 5.73 Å². The Bertz CT molecular complexity index is 1030. The highest BCUT2D eigenvalue weighted by molar-refractivity contribution is 7.93. The zero-order valence-electron chi connectivity index (χ0n) is 12.0. The van der Waals surface area contributed by atoms with Gasteiger partial charge in [-0.05, 0) is 22.9 Å². The van der Waals surface area contributed by atoms with Gasteiger partial charge in [0.1, 0.15) is 10.7 Å². The molecule has 0 fully saturated rings. The molecule has 1 atom stereocenters. The SMILES string of the molecule is CS1(=O)=NC(c2cccs2)=Nc2nc(-c3cccs3)nc(N)c21. The standard InChI is InChI=1S/C14H11N5OS3/c1-23(20)10-11(15)16-12(8-4-2-6-21-8)17-14(10)18-13(19-23)9-5-3-7-22-9/h2-7H,1H3,(H2,15,16,17,18,19,20). The molecule has 0 saturated heterocycles. The zero-order valence-corrected chi connectivity index (χ0v) is 14.4. The van der Waals surface area contributed by atoms with E-state index in [0.29, 0.717) is 22.4 Å². The summed E-state index contributed by atoms with van der Waals surface area (Å²) in [5.74, 6) is 1.42. The number of hydrogen-bond donors (Lipinski definition) is 1. The fraction of sp³-hybridized carbons (Fsp3) is 0.0714. The van der Waals surface area contributed by atoms with Gasteiger partial charge in [-0.2, -0.15) is 4.36 Å². The second kappa shape index (κ2) is 5.22. The lowest BCUT2D eigenvalue weighted by Gasteiger charge is -2.15. The normalized spacial score (nSPS) is 19.8. The number of anilines is 1. The van der Waals surface area contributed by atoms with Crippen LogP contribution in [0.15, 0.2) is 49.3 Å². The summed E-state index contributed by atoms with van der Waals surface area (Å²) in [6.07, 6.45) is 1.54. The highest BCUT2D eigenvalue weighted by Crippen LogP contribution is 2.35. The number of hydrogen-bond acceptors (Lipinski definition) is 8.